The van der Waals surface area contributed by atoms with E-state index in [4.69, 9.17) is 0 Å². The summed E-state index contributed by atoms with van der Waals surface area (Å²) in [6.45, 7) is 1.76. The van der Waals surface area contributed by atoms with E-state index in [9.17, 15) is 9.59 Å². The first-order valence-corrected chi connectivity index (χ1v) is 7.89. The summed E-state index contributed by atoms with van der Waals surface area (Å²) >= 11 is 0. The molecule has 4 rings (SSSR count). The van der Waals surface area contributed by atoms with Crippen LogP contribution in [0, 0.1) is 6.92 Å². The summed E-state index contributed by atoms with van der Waals surface area (Å²) < 4.78 is 1.49. The maximum absolute atomic E-state index is 12.6. The van der Waals surface area contributed by atoms with Crippen LogP contribution < -0.4 is 10.9 Å². The third-order valence-electron chi connectivity index (χ3n) is 3.98. The fraction of sp³-hybridized carbons (Fsp3) is 0.0556. The lowest BCUT2D eigenvalue weighted by molar-refractivity contribution is 0.102. The number of benzene rings is 1. The van der Waals surface area contributed by atoms with E-state index in [0.717, 1.165) is 10.9 Å². The van der Waals surface area contributed by atoms with E-state index in [1.807, 2.05) is 30.3 Å². The minimum absolute atomic E-state index is 0.296. The van der Waals surface area contributed by atoms with Crippen molar-refractivity contribution >= 4 is 22.5 Å². The summed E-state index contributed by atoms with van der Waals surface area (Å²) in [6, 6.07) is 12.4. The largest absolute Gasteiger partial charge is 0.320 e. The molecule has 8 nitrogen and oxygen atoms in total. The van der Waals surface area contributed by atoms with Gasteiger partial charge in [0.15, 0.2) is 5.82 Å². The molecule has 3 aromatic heterocycles. The van der Waals surface area contributed by atoms with Gasteiger partial charge in [-0.1, -0.05) is 18.2 Å². The van der Waals surface area contributed by atoms with Gasteiger partial charge in [0.05, 0.1) is 34.9 Å². The molecule has 1 aromatic carbocycles. The number of carbonyl (C=O) groups is 1. The van der Waals surface area contributed by atoms with Crippen molar-refractivity contribution in [1.29, 1.82) is 0 Å². The highest BCUT2D eigenvalue weighted by Crippen LogP contribution is 2.18. The molecule has 2 N–H and O–H groups in total. The van der Waals surface area contributed by atoms with Crippen molar-refractivity contribution in [1.82, 2.24) is 25.0 Å². The van der Waals surface area contributed by atoms with E-state index < -0.39 is 0 Å². The molecule has 0 radical (unpaired) electrons. The summed E-state index contributed by atoms with van der Waals surface area (Å²) in [4.78, 5) is 28.1. The molecule has 0 spiro atoms. The van der Waals surface area contributed by atoms with Gasteiger partial charge in [0.25, 0.3) is 11.5 Å². The van der Waals surface area contributed by atoms with Crippen molar-refractivity contribution in [2.24, 2.45) is 0 Å². The lowest BCUT2D eigenvalue weighted by Gasteiger charge is -2.06. The molecule has 1 amide bonds. The lowest BCUT2D eigenvalue weighted by atomic mass is 10.2. The molecule has 3 heterocycles. The number of para-hydroxylation sites is 1. The monoisotopic (exact) mass is 346 g/mol. The van der Waals surface area contributed by atoms with Crippen LogP contribution in [0.5, 0.6) is 0 Å². The Balaban J connectivity index is 1.61. The van der Waals surface area contributed by atoms with Crippen LogP contribution in [0.15, 0.2) is 59.7 Å². The number of H-pyrrole nitrogens is 1. The van der Waals surface area contributed by atoms with E-state index in [0.29, 0.717) is 22.8 Å². The predicted molar refractivity (Wildman–Crippen MR) is 96.4 cm³/mol. The average molecular weight is 346 g/mol. The maximum atomic E-state index is 12.6. The Morgan fingerprint density at radius 2 is 2.00 bits per heavy atom. The number of hydrogen-bond acceptors (Lipinski definition) is 5. The van der Waals surface area contributed by atoms with Crippen LogP contribution >= 0.6 is 0 Å². The van der Waals surface area contributed by atoms with E-state index in [1.54, 1.807) is 13.1 Å². The molecule has 8 heteroatoms. The number of hydrogen-bond donors (Lipinski definition) is 2. The predicted octanol–water partition coefficient (Wildman–Crippen LogP) is 2.06. The molecule has 26 heavy (non-hydrogen) atoms. The minimum Gasteiger partial charge on any atom is -0.320 e. The van der Waals surface area contributed by atoms with E-state index in [1.165, 1.54) is 23.0 Å². The Morgan fingerprint density at radius 1 is 1.15 bits per heavy atom. The molecule has 0 saturated carbocycles. The van der Waals surface area contributed by atoms with Crippen molar-refractivity contribution in [3.63, 3.8) is 0 Å². The Kier molecular flexibility index (Phi) is 3.77. The van der Waals surface area contributed by atoms with Gasteiger partial charge < -0.3 is 5.32 Å². The van der Waals surface area contributed by atoms with Crippen molar-refractivity contribution in [2.75, 3.05) is 5.32 Å². The molecule has 4 aromatic rings. The Hall–Kier alpha value is -3.81. The highest BCUT2D eigenvalue weighted by molar-refractivity contribution is 6.05. The minimum atomic E-state index is -0.305. The van der Waals surface area contributed by atoms with Crippen LogP contribution in [0.3, 0.4) is 0 Å². The normalized spacial score (nSPS) is 10.8. The second kappa shape index (κ2) is 6.25. The SMILES string of the molecule is Cc1c(C(=O)Nc2cnc3ccccc3c2)cnn1-c1ccc(=O)[nH]n1. The van der Waals surface area contributed by atoms with E-state index in [2.05, 4.69) is 25.6 Å². The van der Waals surface area contributed by atoms with Crippen molar-refractivity contribution in [2.45, 2.75) is 6.92 Å². The first kappa shape index (κ1) is 15.7. The quantitative estimate of drug-likeness (QED) is 0.591. The third kappa shape index (κ3) is 2.84. The van der Waals surface area contributed by atoms with Gasteiger partial charge in [-0.2, -0.15) is 10.2 Å². The summed E-state index contributed by atoms with van der Waals surface area (Å²) in [5.41, 5.74) is 2.17. The van der Waals surface area contributed by atoms with Gasteiger partial charge in [0.2, 0.25) is 0 Å². The Bertz CT molecular complexity index is 1160. The van der Waals surface area contributed by atoms with Crippen LogP contribution in [0.2, 0.25) is 0 Å². The van der Waals surface area contributed by atoms with Crippen molar-refractivity contribution < 1.29 is 4.79 Å². The number of rotatable bonds is 3. The number of nitrogens with zero attached hydrogens (tertiary/aromatic N) is 4. The molecule has 0 fully saturated rings. The number of pyridine rings is 1. The zero-order valence-corrected chi connectivity index (χ0v) is 13.8. The first-order valence-electron chi connectivity index (χ1n) is 7.89. The van der Waals surface area contributed by atoms with E-state index >= 15 is 0 Å². The maximum Gasteiger partial charge on any atom is 0.264 e. The van der Waals surface area contributed by atoms with Gasteiger partial charge in [-0.3, -0.25) is 14.6 Å². The van der Waals surface area contributed by atoms with Crippen LogP contribution in [0.1, 0.15) is 16.1 Å². The van der Waals surface area contributed by atoms with Crippen LogP contribution in [0.25, 0.3) is 16.7 Å². The average Bonchev–Trinajstić information content (AvgIpc) is 3.04. The van der Waals surface area contributed by atoms with Crippen LogP contribution in [-0.2, 0) is 0 Å². The van der Waals surface area contributed by atoms with Gasteiger partial charge in [-0.05, 0) is 25.1 Å². The number of aromatic nitrogens is 5. The summed E-state index contributed by atoms with van der Waals surface area (Å²) in [6.07, 6.45) is 3.08. The highest BCUT2D eigenvalue weighted by atomic mass is 16.1. The molecular weight excluding hydrogens is 332 g/mol. The Labute approximate surface area is 147 Å². The summed E-state index contributed by atoms with van der Waals surface area (Å²) in [5.74, 6) is 0.128. The molecule has 0 atom stereocenters. The van der Waals surface area contributed by atoms with Gasteiger partial charge >= 0.3 is 0 Å². The number of aromatic amines is 1. The standard InChI is InChI=1S/C18H14N6O2/c1-11-14(10-20-24(11)16-6-7-17(25)23-22-16)18(26)21-13-8-12-4-2-3-5-15(12)19-9-13/h2-10H,1H3,(H,21,26)(H,23,25). The zero-order valence-electron chi connectivity index (χ0n) is 13.8. The van der Waals surface area contributed by atoms with E-state index in [-0.39, 0.29) is 11.5 Å². The topological polar surface area (TPSA) is 106 Å². The fourth-order valence-corrected chi connectivity index (χ4v) is 2.66. The number of amides is 1. The van der Waals surface area contributed by atoms with Crippen molar-refractivity contribution in [3.05, 3.63) is 76.5 Å². The molecule has 0 aliphatic rings. The Morgan fingerprint density at radius 3 is 2.81 bits per heavy atom. The zero-order chi connectivity index (χ0) is 18.1. The fourth-order valence-electron chi connectivity index (χ4n) is 2.66. The second-order valence-corrected chi connectivity index (χ2v) is 5.71. The molecule has 128 valence electrons. The van der Waals surface area contributed by atoms with Crippen LogP contribution in [0.4, 0.5) is 5.69 Å². The molecule has 0 unspecified atom stereocenters. The highest BCUT2D eigenvalue weighted by Gasteiger charge is 2.16. The molecule has 0 aliphatic heterocycles. The molecular formula is C18H14N6O2. The number of carbonyl (C=O) groups excluding carboxylic acids is 1. The number of nitrogens with one attached hydrogen (secondary N) is 2. The van der Waals surface area contributed by atoms with Gasteiger partial charge in [-0.15, -0.1) is 0 Å². The van der Waals surface area contributed by atoms with Gasteiger partial charge in [0, 0.05) is 11.5 Å². The molecule has 0 aliphatic carbocycles. The van der Waals surface area contributed by atoms with Crippen molar-refractivity contribution in [3.8, 4) is 5.82 Å². The molecule has 0 saturated heterocycles. The number of anilines is 1. The lowest BCUT2D eigenvalue weighted by Crippen LogP contribution is -2.14. The number of fused-ring (bicyclic) bond motifs is 1. The van der Waals surface area contributed by atoms with Gasteiger partial charge in [-0.25, -0.2) is 9.78 Å². The first-order chi connectivity index (χ1) is 12.6. The second-order valence-electron chi connectivity index (χ2n) is 5.71. The van der Waals surface area contributed by atoms with Crippen LogP contribution in [-0.4, -0.2) is 30.9 Å². The molecule has 0 bridgehead atoms. The van der Waals surface area contributed by atoms with Gasteiger partial charge in [0.1, 0.15) is 0 Å². The third-order valence-corrected chi connectivity index (χ3v) is 3.98. The summed E-state index contributed by atoms with van der Waals surface area (Å²) in [5, 5.41) is 14.2. The smallest absolute Gasteiger partial charge is 0.264 e. The summed E-state index contributed by atoms with van der Waals surface area (Å²) in [7, 11) is 0.